The number of piperidine rings is 1. The number of hydrogen-bond acceptors (Lipinski definition) is 6. The Bertz CT molecular complexity index is 775. The normalized spacial score (nSPS) is 22.5. The van der Waals surface area contributed by atoms with Crippen LogP contribution in [-0.4, -0.2) is 53.6 Å². The molecule has 1 aliphatic heterocycles. The number of ether oxygens (including phenoxy) is 1. The minimum absolute atomic E-state index is 0.172. The molecule has 24 heavy (non-hydrogen) atoms. The zero-order valence-corrected chi connectivity index (χ0v) is 14.9. The number of nitrogens with zero attached hydrogens (tertiary/aromatic N) is 3. The van der Waals surface area contributed by atoms with E-state index in [0.29, 0.717) is 25.1 Å². The Morgan fingerprint density at radius 3 is 3.04 bits per heavy atom. The minimum atomic E-state index is 0.172. The lowest BCUT2D eigenvalue weighted by atomic mass is 10.1. The molecule has 1 amide bonds. The molecular formula is C17H22N4O2S. The molecule has 2 bridgehead atoms. The third kappa shape index (κ3) is 2.56. The molecule has 7 heteroatoms. The van der Waals surface area contributed by atoms with Gasteiger partial charge in [0.2, 0.25) is 0 Å². The Kier molecular flexibility index (Phi) is 4.14. The van der Waals surface area contributed by atoms with Crippen molar-refractivity contribution in [3.05, 3.63) is 16.8 Å². The third-order valence-electron chi connectivity index (χ3n) is 5.19. The van der Waals surface area contributed by atoms with Gasteiger partial charge in [-0.1, -0.05) is 0 Å². The highest BCUT2D eigenvalue weighted by molar-refractivity contribution is 7.20. The van der Waals surface area contributed by atoms with E-state index in [1.165, 1.54) is 24.2 Å². The molecule has 0 aromatic carbocycles. The van der Waals surface area contributed by atoms with Gasteiger partial charge in [-0.15, -0.1) is 11.3 Å². The first kappa shape index (κ1) is 15.8. The van der Waals surface area contributed by atoms with E-state index in [9.17, 15) is 4.79 Å². The van der Waals surface area contributed by atoms with Crippen molar-refractivity contribution in [2.45, 2.75) is 32.2 Å². The van der Waals surface area contributed by atoms with Gasteiger partial charge in [-0.2, -0.15) is 0 Å². The maximum atomic E-state index is 13.0. The van der Waals surface area contributed by atoms with E-state index < -0.39 is 0 Å². The van der Waals surface area contributed by atoms with Gasteiger partial charge in [0.25, 0.3) is 5.91 Å². The van der Waals surface area contributed by atoms with Gasteiger partial charge in [-0.25, -0.2) is 9.97 Å². The standard InChI is InChI=1S/C17H22N4O2S/c1-10-13-15(18-5-6-23-2)19-9-20-16(13)24-14(10)17(22)21-8-11-3-4-12(21)7-11/h9,11-12H,3-8H2,1-2H3,(H,18,19,20)/t11-,12-/m0/s1. The molecule has 0 radical (unpaired) electrons. The average Bonchev–Trinajstić information content (AvgIpc) is 3.29. The van der Waals surface area contributed by atoms with Crippen LogP contribution >= 0.6 is 11.3 Å². The molecule has 2 aliphatic rings. The highest BCUT2D eigenvalue weighted by Gasteiger charge is 2.41. The van der Waals surface area contributed by atoms with E-state index in [2.05, 4.69) is 20.2 Å². The first-order valence-corrected chi connectivity index (χ1v) is 9.28. The van der Waals surface area contributed by atoms with E-state index in [4.69, 9.17) is 4.74 Å². The SMILES string of the molecule is COCCNc1ncnc2sc(C(=O)N3C[C@H]4CC[C@H]3C4)c(C)c12. The van der Waals surface area contributed by atoms with Crippen molar-refractivity contribution in [1.82, 2.24) is 14.9 Å². The lowest BCUT2D eigenvalue weighted by Crippen LogP contribution is -2.37. The zero-order chi connectivity index (χ0) is 16.7. The quantitative estimate of drug-likeness (QED) is 0.843. The summed E-state index contributed by atoms with van der Waals surface area (Å²) in [4.78, 5) is 25.5. The molecule has 1 saturated carbocycles. The number of thiophene rings is 1. The summed E-state index contributed by atoms with van der Waals surface area (Å²) in [6, 6.07) is 0.442. The van der Waals surface area contributed by atoms with Crippen LogP contribution in [-0.2, 0) is 4.74 Å². The number of rotatable bonds is 5. The number of aryl methyl sites for hydroxylation is 1. The Labute approximate surface area is 145 Å². The van der Waals surface area contributed by atoms with Gasteiger partial charge in [-0.05, 0) is 37.7 Å². The molecule has 2 aromatic rings. The Morgan fingerprint density at radius 1 is 1.46 bits per heavy atom. The highest BCUT2D eigenvalue weighted by Crippen LogP contribution is 2.40. The van der Waals surface area contributed by atoms with Crippen LogP contribution < -0.4 is 5.32 Å². The van der Waals surface area contributed by atoms with Crippen LogP contribution in [0.25, 0.3) is 10.2 Å². The summed E-state index contributed by atoms with van der Waals surface area (Å²) in [5.41, 5.74) is 0.989. The number of fused-ring (bicyclic) bond motifs is 3. The number of methoxy groups -OCH3 is 1. The van der Waals surface area contributed by atoms with E-state index in [0.717, 1.165) is 39.4 Å². The van der Waals surface area contributed by atoms with Crippen LogP contribution in [0.4, 0.5) is 5.82 Å². The number of nitrogens with one attached hydrogen (secondary N) is 1. The largest absolute Gasteiger partial charge is 0.383 e. The Morgan fingerprint density at radius 2 is 2.33 bits per heavy atom. The number of aromatic nitrogens is 2. The highest BCUT2D eigenvalue weighted by atomic mass is 32.1. The second-order valence-corrected chi connectivity index (χ2v) is 7.67. The van der Waals surface area contributed by atoms with Gasteiger partial charge in [0.05, 0.1) is 16.9 Å². The van der Waals surface area contributed by atoms with Gasteiger partial charge in [0.1, 0.15) is 17.0 Å². The number of carbonyl (C=O) groups excluding carboxylic acids is 1. The topological polar surface area (TPSA) is 67.3 Å². The number of hydrogen-bond donors (Lipinski definition) is 1. The predicted molar refractivity (Wildman–Crippen MR) is 94.7 cm³/mol. The summed E-state index contributed by atoms with van der Waals surface area (Å²) >= 11 is 1.49. The molecule has 128 valence electrons. The smallest absolute Gasteiger partial charge is 0.264 e. The number of amides is 1. The summed E-state index contributed by atoms with van der Waals surface area (Å²) in [5, 5.41) is 4.25. The van der Waals surface area contributed by atoms with Gasteiger partial charge >= 0.3 is 0 Å². The molecule has 2 aromatic heterocycles. The second kappa shape index (κ2) is 6.29. The molecule has 1 saturated heterocycles. The van der Waals surface area contributed by atoms with Crippen LogP contribution in [0.3, 0.4) is 0 Å². The van der Waals surface area contributed by atoms with Gasteiger partial charge in [0.15, 0.2) is 0 Å². The fourth-order valence-corrected chi connectivity index (χ4v) is 5.09. The van der Waals surface area contributed by atoms with Crippen molar-refractivity contribution in [3.8, 4) is 0 Å². The minimum Gasteiger partial charge on any atom is -0.383 e. The molecule has 0 spiro atoms. The van der Waals surface area contributed by atoms with Crippen LogP contribution in [0.15, 0.2) is 6.33 Å². The predicted octanol–water partition coefficient (Wildman–Crippen LogP) is 2.68. The van der Waals surface area contributed by atoms with Crippen molar-refractivity contribution in [2.75, 3.05) is 32.1 Å². The number of anilines is 1. The van der Waals surface area contributed by atoms with Crippen LogP contribution in [0.1, 0.15) is 34.5 Å². The summed E-state index contributed by atoms with van der Waals surface area (Å²) in [6.45, 7) is 4.21. The number of likely N-dealkylation sites (tertiary alicyclic amines) is 1. The maximum Gasteiger partial charge on any atom is 0.264 e. The first-order chi connectivity index (χ1) is 11.7. The summed E-state index contributed by atoms with van der Waals surface area (Å²) in [7, 11) is 1.67. The average molecular weight is 346 g/mol. The van der Waals surface area contributed by atoms with Crippen molar-refractivity contribution in [3.63, 3.8) is 0 Å². The van der Waals surface area contributed by atoms with E-state index in [1.807, 2.05) is 6.92 Å². The molecule has 2 atom stereocenters. The lowest BCUT2D eigenvalue weighted by Gasteiger charge is -2.26. The van der Waals surface area contributed by atoms with Crippen molar-refractivity contribution < 1.29 is 9.53 Å². The summed E-state index contributed by atoms with van der Waals surface area (Å²) in [5.74, 6) is 1.66. The van der Waals surface area contributed by atoms with Crippen molar-refractivity contribution in [1.29, 1.82) is 0 Å². The number of carbonyl (C=O) groups is 1. The molecule has 3 heterocycles. The van der Waals surface area contributed by atoms with Crippen molar-refractivity contribution in [2.24, 2.45) is 5.92 Å². The molecule has 1 aliphatic carbocycles. The zero-order valence-electron chi connectivity index (χ0n) is 14.0. The van der Waals surface area contributed by atoms with Gasteiger partial charge in [0, 0.05) is 26.2 Å². The Hall–Kier alpha value is -1.73. The molecule has 2 fully saturated rings. The monoisotopic (exact) mass is 346 g/mol. The Balaban J connectivity index is 1.65. The molecule has 1 N–H and O–H groups in total. The van der Waals surface area contributed by atoms with E-state index in [-0.39, 0.29) is 5.91 Å². The lowest BCUT2D eigenvalue weighted by molar-refractivity contribution is 0.0708. The van der Waals surface area contributed by atoms with Crippen molar-refractivity contribution >= 4 is 33.3 Å². The van der Waals surface area contributed by atoms with Crippen LogP contribution in [0.2, 0.25) is 0 Å². The maximum absolute atomic E-state index is 13.0. The van der Waals surface area contributed by atoms with Crippen LogP contribution in [0.5, 0.6) is 0 Å². The first-order valence-electron chi connectivity index (χ1n) is 8.47. The summed E-state index contributed by atoms with van der Waals surface area (Å²) < 4.78 is 5.08. The van der Waals surface area contributed by atoms with Gasteiger partial charge in [-0.3, -0.25) is 4.79 Å². The molecule has 4 rings (SSSR count). The fourth-order valence-electron chi connectivity index (χ4n) is 3.99. The molecular weight excluding hydrogens is 324 g/mol. The van der Waals surface area contributed by atoms with E-state index >= 15 is 0 Å². The fraction of sp³-hybridized carbons (Fsp3) is 0.588. The van der Waals surface area contributed by atoms with Gasteiger partial charge < -0.3 is 15.0 Å². The molecule has 6 nitrogen and oxygen atoms in total. The molecule has 0 unspecified atom stereocenters. The van der Waals surface area contributed by atoms with E-state index in [1.54, 1.807) is 13.4 Å². The van der Waals surface area contributed by atoms with Crippen LogP contribution in [0, 0.1) is 12.8 Å². The third-order valence-corrected chi connectivity index (χ3v) is 6.38. The summed E-state index contributed by atoms with van der Waals surface area (Å²) in [6.07, 6.45) is 5.17. The second-order valence-electron chi connectivity index (χ2n) is 6.67.